The molecule has 9 nitrogen and oxygen atoms in total. The maximum atomic E-state index is 12.8. The SMILES string of the molecule is CC(C)(O)C#Cc1ccc(-c2cc3n(c2)C(=O)N(CC[C@](C)(C(=O)NO)S(C)(=O)=O)C3)cc1. The molecule has 2 heterocycles. The van der Waals surface area contributed by atoms with Crippen molar-refractivity contribution in [1.82, 2.24) is 14.9 Å². The van der Waals surface area contributed by atoms with E-state index in [1.807, 2.05) is 30.3 Å². The minimum absolute atomic E-state index is 0.0292. The Bertz CT molecular complexity index is 1250. The summed E-state index contributed by atoms with van der Waals surface area (Å²) in [5.41, 5.74) is 3.58. The second kappa shape index (κ2) is 8.67. The summed E-state index contributed by atoms with van der Waals surface area (Å²) in [6.45, 7) is 4.75. The molecule has 1 aromatic heterocycles. The van der Waals surface area contributed by atoms with E-state index in [0.717, 1.165) is 28.6 Å². The Kier molecular flexibility index (Phi) is 6.44. The van der Waals surface area contributed by atoms with Gasteiger partial charge < -0.3 is 10.0 Å². The number of aromatic nitrogens is 1. The highest BCUT2D eigenvalue weighted by Gasteiger charge is 2.44. The van der Waals surface area contributed by atoms with E-state index in [4.69, 9.17) is 5.21 Å². The van der Waals surface area contributed by atoms with Crippen LogP contribution in [0.3, 0.4) is 0 Å². The number of nitrogens with one attached hydrogen (secondary N) is 1. The van der Waals surface area contributed by atoms with Crippen LogP contribution in [0.4, 0.5) is 4.79 Å². The lowest BCUT2D eigenvalue weighted by atomic mass is 10.1. The van der Waals surface area contributed by atoms with Crippen molar-refractivity contribution >= 4 is 21.8 Å². The van der Waals surface area contributed by atoms with E-state index in [0.29, 0.717) is 0 Å². The molecule has 3 rings (SSSR count). The Balaban J connectivity index is 1.73. The summed E-state index contributed by atoms with van der Waals surface area (Å²) in [5.74, 6) is 4.63. The number of hydrogen-bond acceptors (Lipinski definition) is 6. The number of amides is 2. The number of sulfone groups is 1. The largest absolute Gasteiger partial charge is 0.378 e. The molecule has 0 aliphatic carbocycles. The van der Waals surface area contributed by atoms with Crippen molar-refractivity contribution in [3.05, 3.63) is 47.8 Å². The summed E-state index contributed by atoms with van der Waals surface area (Å²) in [7, 11) is -3.84. The summed E-state index contributed by atoms with van der Waals surface area (Å²) in [6.07, 6.45) is 2.48. The highest BCUT2D eigenvalue weighted by Crippen LogP contribution is 2.29. The van der Waals surface area contributed by atoms with E-state index < -0.39 is 26.1 Å². The molecule has 176 valence electrons. The van der Waals surface area contributed by atoms with Gasteiger partial charge in [-0.25, -0.2) is 18.7 Å². The third kappa shape index (κ3) is 5.11. The van der Waals surface area contributed by atoms with Gasteiger partial charge in [0.2, 0.25) is 0 Å². The Hall–Kier alpha value is -3.13. The van der Waals surface area contributed by atoms with Gasteiger partial charge >= 0.3 is 6.03 Å². The fraction of sp³-hybridized carbons (Fsp3) is 0.391. The predicted octanol–water partition coefficient (Wildman–Crippen LogP) is 1.76. The zero-order valence-electron chi connectivity index (χ0n) is 18.9. The highest BCUT2D eigenvalue weighted by atomic mass is 32.2. The van der Waals surface area contributed by atoms with Gasteiger partial charge in [0.1, 0.15) is 5.60 Å². The molecule has 0 saturated carbocycles. The van der Waals surface area contributed by atoms with E-state index in [2.05, 4.69) is 11.8 Å². The lowest BCUT2D eigenvalue weighted by molar-refractivity contribution is -0.131. The van der Waals surface area contributed by atoms with Crippen LogP contribution in [-0.2, 0) is 21.2 Å². The average Bonchev–Trinajstić information content (AvgIpc) is 3.28. The Morgan fingerprint density at radius 1 is 1.18 bits per heavy atom. The smallest absolute Gasteiger partial charge is 0.328 e. The summed E-state index contributed by atoms with van der Waals surface area (Å²) < 4.78 is 23.9. The first-order valence-electron chi connectivity index (χ1n) is 10.3. The van der Waals surface area contributed by atoms with Crippen LogP contribution in [0.5, 0.6) is 0 Å². The second-order valence-electron chi connectivity index (χ2n) is 8.87. The topological polar surface area (TPSA) is 129 Å². The number of fused-ring (bicyclic) bond motifs is 1. The van der Waals surface area contributed by atoms with Crippen LogP contribution in [0.15, 0.2) is 36.5 Å². The minimum atomic E-state index is -3.84. The van der Waals surface area contributed by atoms with Gasteiger partial charge in [-0.15, -0.1) is 0 Å². The van der Waals surface area contributed by atoms with Crippen LogP contribution < -0.4 is 5.48 Å². The monoisotopic (exact) mass is 473 g/mol. The number of aliphatic hydroxyl groups is 1. The van der Waals surface area contributed by atoms with Gasteiger partial charge in [-0.3, -0.25) is 14.6 Å². The van der Waals surface area contributed by atoms with Crippen molar-refractivity contribution in [3.63, 3.8) is 0 Å². The maximum absolute atomic E-state index is 12.8. The molecule has 1 aliphatic rings. The molecular formula is C23H27N3O6S. The molecule has 0 saturated heterocycles. The number of rotatable bonds is 6. The normalized spacial score (nSPS) is 15.5. The molecule has 33 heavy (non-hydrogen) atoms. The van der Waals surface area contributed by atoms with Crippen LogP contribution >= 0.6 is 0 Å². The lowest BCUT2D eigenvalue weighted by Crippen LogP contribution is -2.50. The van der Waals surface area contributed by atoms with Crippen molar-refractivity contribution in [2.75, 3.05) is 12.8 Å². The first-order chi connectivity index (χ1) is 15.2. The van der Waals surface area contributed by atoms with E-state index in [-0.39, 0.29) is 25.5 Å². The quantitative estimate of drug-likeness (QED) is 0.333. The molecule has 0 unspecified atom stereocenters. The number of carbonyl (C=O) groups excluding carboxylic acids is 2. The van der Waals surface area contributed by atoms with E-state index >= 15 is 0 Å². The van der Waals surface area contributed by atoms with Crippen molar-refractivity contribution in [2.24, 2.45) is 0 Å². The number of benzene rings is 1. The maximum Gasteiger partial charge on any atom is 0.328 e. The minimum Gasteiger partial charge on any atom is -0.378 e. The highest BCUT2D eigenvalue weighted by molar-refractivity contribution is 7.92. The molecule has 10 heteroatoms. The molecule has 0 bridgehead atoms. The van der Waals surface area contributed by atoms with E-state index in [1.165, 1.54) is 21.9 Å². The molecule has 1 aliphatic heterocycles. The van der Waals surface area contributed by atoms with Gasteiger partial charge in [-0.2, -0.15) is 0 Å². The lowest BCUT2D eigenvalue weighted by Gasteiger charge is -2.27. The van der Waals surface area contributed by atoms with Crippen LogP contribution in [0.2, 0.25) is 0 Å². The van der Waals surface area contributed by atoms with Gasteiger partial charge in [-0.1, -0.05) is 24.0 Å². The van der Waals surface area contributed by atoms with Gasteiger partial charge in [0.15, 0.2) is 14.6 Å². The van der Waals surface area contributed by atoms with Gasteiger partial charge in [0.05, 0.1) is 6.54 Å². The molecule has 1 atom stereocenters. The zero-order valence-corrected chi connectivity index (χ0v) is 19.7. The number of nitrogens with zero attached hydrogens (tertiary/aromatic N) is 2. The van der Waals surface area contributed by atoms with Gasteiger partial charge in [0, 0.05) is 35.8 Å². The Morgan fingerprint density at radius 2 is 1.82 bits per heavy atom. The molecule has 2 amide bonds. The summed E-state index contributed by atoms with van der Waals surface area (Å²) in [6, 6.07) is 9.00. The fourth-order valence-corrected chi connectivity index (χ4v) is 4.31. The van der Waals surface area contributed by atoms with Crippen molar-refractivity contribution in [2.45, 2.75) is 44.1 Å². The van der Waals surface area contributed by atoms with Crippen LogP contribution in [0, 0.1) is 11.8 Å². The average molecular weight is 474 g/mol. The number of carbonyl (C=O) groups is 2. The molecule has 3 N–H and O–H groups in total. The third-order valence-corrected chi connectivity index (χ3v) is 7.75. The predicted molar refractivity (Wildman–Crippen MR) is 122 cm³/mol. The van der Waals surface area contributed by atoms with E-state index in [1.54, 1.807) is 20.0 Å². The molecule has 2 aromatic rings. The Labute approximate surface area is 192 Å². The zero-order chi connectivity index (χ0) is 24.6. The van der Waals surface area contributed by atoms with Crippen molar-refractivity contribution in [3.8, 4) is 23.0 Å². The summed E-state index contributed by atoms with van der Waals surface area (Å²) in [5, 5.41) is 18.7. The van der Waals surface area contributed by atoms with Crippen LogP contribution in [-0.4, -0.2) is 63.3 Å². The number of hydrogen-bond donors (Lipinski definition) is 3. The first kappa shape index (κ1) is 24.5. The van der Waals surface area contributed by atoms with E-state index in [9.17, 15) is 23.1 Å². The van der Waals surface area contributed by atoms with Crippen LogP contribution in [0.25, 0.3) is 11.1 Å². The second-order valence-corrected chi connectivity index (χ2v) is 11.3. The standard InChI is InChI=1S/C23H27N3O6S/c1-22(2,29)10-9-16-5-7-17(8-6-16)18-13-19-15-25(21(28)26(19)14-18)12-11-23(3,20(27)24-30)33(4,31)32/h5-8,13-14,29-30H,11-12,15H2,1-4H3,(H,24,27)/t23-/m1/s1. The van der Waals surface area contributed by atoms with Gasteiger partial charge in [-0.05, 0) is 51.0 Å². The third-order valence-electron chi connectivity index (χ3n) is 5.72. The summed E-state index contributed by atoms with van der Waals surface area (Å²) >= 11 is 0. The van der Waals surface area contributed by atoms with Crippen molar-refractivity contribution < 1.29 is 28.3 Å². The first-order valence-corrected chi connectivity index (χ1v) is 12.1. The molecular weight excluding hydrogens is 446 g/mol. The summed E-state index contributed by atoms with van der Waals surface area (Å²) in [4.78, 5) is 26.3. The van der Waals surface area contributed by atoms with Crippen LogP contribution in [0.1, 0.15) is 38.4 Å². The molecule has 0 radical (unpaired) electrons. The fourth-order valence-electron chi connectivity index (χ4n) is 3.46. The molecule has 0 spiro atoms. The molecule has 1 aromatic carbocycles. The number of hydroxylamine groups is 1. The molecule has 0 fully saturated rings. The van der Waals surface area contributed by atoms with Gasteiger partial charge in [0.25, 0.3) is 5.91 Å². The Morgan fingerprint density at radius 3 is 2.33 bits per heavy atom. The van der Waals surface area contributed by atoms with Crippen molar-refractivity contribution in [1.29, 1.82) is 0 Å².